The molecule has 4 rings (SSSR count). The largest absolute Gasteiger partial charge is 0.493 e. The van der Waals surface area contributed by atoms with Gasteiger partial charge in [-0.15, -0.1) is 5.10 Å². The molecule has 0 saturated heterocycles. The van der Waals surface area contributed by atoms with E-state index in [1.807, 2.05) is 61.9 Å². The Morgan fingerprint density at radius 1 is 1.07 bits per heavy atom. The number of carbonyl (C=O) groups is 1. The molecule has 0 bridgehead atoms. The Kier molecular flexibility index (Phi) is 10.1. The van der Waals surface area contributed by atoms with Crippen LogP contribution in [0.5, 0.6) is 11.5 Å². The van der Waals surface area contributed by atoms with Gasteiger partial charge in [-0.05, 0) is 68.5 Å². The first-order chi connectivity index (χ1) is 19.4. The van der Waals surface area contributed by atoms with Gasteiger partial charge in [0.1, 0.15) is 6.04 Å². The molecule has 2 heterocycles. The Balaban J connectivity index is 1.73. The smallest absolute Gasteiger partial charge is 0.255 e. The molecule has 8 nitrogen and oxygen atoms in total. The molecule has 1 amide bonds. The van der Waals surface area contributed by atoms with Gasteiger partial charge in [0.2, 0.25) is 11.1 Å². The van der Waals surface area contributed by atoms with E-state index >= 15 is 0 Å². The van der Waals surface area contributed by atoms with Crippen LogP contribution in [0, 0.1) is 13.8 Å². The van der Waals surface area contributed by atoms with Crippen LogP contribution >= 0.6 is 11.8 Å². The molecule has 2 aromatic carbocycles. The molecule has 0 radical (unpaired) electrons. The molecule has 1 unspecified atom stereocenters. The highest BCUT2D eigenvalue weighted by atomic mass is 32.2. The Hall–Kier alpha value is -3.46. The molecule has 0 saturated carbocycles. The lowest BCUT2D eigenvalue weighted by molar-refractivity contribution is -0.113. The molecular weight excluding hydrogens is 522 g/mol. The summed E-state index contributed by atoms with van der Waals surface area (Å²) in [6.07, 6.45) is 5.43. The number of rotatable bonds is 13. The van der Waals surface area contributed by atoms with E-state index in [2.05, 4.69) is 24.5 Å². The number of nitrogens with zero attached hydrogens (tertiary/aromatic N) is 3. The van der Waals surface area contributed by atoms with Crippen molar-refractivity contribution in [3.05, 3.63) is 64.4 Å². The number of hydrogen-bond donors (Lipinski definition) is 2. The molecule has 9 heteroatoms. The predicted octanol–water partition coefficient (Wildman–Crippen LogP) is 7.29. The molecule has 1 aliphatic rings. The van der Waals surface area contributed by atoms with Crippen molar-refractivity contribution in [2.75, 3.05) is 30.1 Å². The number of hydrogen-bond acceptors (Lipinski definition) is 7. The van der Waals surface area contributed by atoms with Crippen LogP contribution < -0.4 is 20.1 Å². The SMILES string of the molecule is CCCCCOc1ccc(C2C(C(=O)Nc3cccc(C)c3C)=C(C)Nc3nc(SCCCC)nn32)cc1OC. The summed E-state index contributed by atoms with van der Waals surface area (Å²) in [5, 5.41) is 12.0. The lowest BCUT2D eigenvalue weighted by Gasteiger charge is -2.29. The maximum absolute atomic E-state index is 13.9. The number of thioether (sulfide) groups is 1. The fraction of sp³-hybridized carbons (Fsp3) is 0.452. The van der Waals surface area contributed by atoms with Gasteiger partial charge >= 0.3 is 0 Å². The number of nitrogens with one attached hydrogen (secondary N) is 2. The Bertz CT molecular complexity index is 1370. The summed E-state index contributed by atoms with van der Waals surface area (Å²) in [7, 11) is 1.64. The van der Waals surface area contributed by atoms with Crippen molar-refractivity contribution < 1.29 is 14.3 Å². The third-order valence-corrected chi connectivity index (χ3v) is 8.09. The summed E-state index contributed by atoms with van der Waals surface area (Å²) >= 11 is 1.63. The lowest BCUT2D eigenvalue weighted by Crippen LogP contribution is -2.31. The first-order valence-electron chi connectivity index (χ1n) is 14.1. The summed E-state index contributed by atoms with van der Waals surface area (Å²) in [5.74, 6) is 2.67. The minimum atomic E-state index is -0.502. The van der Waals surface area contributed by atoms with E-state index < -0.39 is 6.04 Å². The molecule has 214 valence electrons. The average Bonchev–Trinajstić information content (AvgIpc) is 3.35. The maximum Gasteiger partial charge on any atom is 0.255 e. The zero-order valence-electron chi connectivity index (χ0n) is 24.5. The summed E-state index contributed by atoms with van der Waals surface area (Å²) in [6, 6.07) is 11.3. The van der Waals surface area contributed by atoms with Crippen molar-refractivity contribution in [1.82, 2.24) is 14.8 Å². The first kappa shape index (κ1) is 29.5. The second kappa shape index (κ2) is 13.7. The highest BCUT2D eigenvalue weighted by molar-refractivity contribution is 7.99. The van der Waals surface area contributed by atoms with Gasteiger partial charge in [0.05, 0.1) is 19.3 Å². The van der Waals surface area contributed by atoms with Crippen LogP contribution in [-0.2, 0) is 4.79 Å². The van der Waals surface area contributed by atoms with Crippen LogP contribution in [0.25, 0.3) is 0 Å². The minimum absolute atomic E-state index is 0.191. The fourth-order valence-electron chi connectivity index (χ4n) is 4.69. The third-order valence-electron chi connectivity index (χ3n) is 7.17. The van der Waals surface area contributed by atoms with Crippen molar-refractivity contribution in [3.8, 4) is 11.5 Å². The Morgan fingerprint density at radius 2 is 1.88 bits per heavy atom. The van der Waals surface area contributed by atoms with E-state index in [1.54, 1.807) is 18.9 Å². The van der Waals surface area contributed by atoms with Gasteiger partial charge in [-0.25, -0.2) is 4.68 Å². The van der Waals surface area contributed by atoms with Crippen LogP contribution in [0.3, 0.4) is 0 Å². The van der Waals surface area contributed by atoms with E-state index in [0.29, 0.717) is 34.8 Å². The second-order valence-electron chi connectivity index (χ2n) is 10.1. The average molecular weight is 564 g/mol. The van der Waals surface area contributed by atoms with Crippen LogP contribution in [0.1, 0.15) is 75.6 Å². The van der Waals surface area contributed by atoms with Crippen molar-refractivity contribution >= 4 is 29.3 Å². The maximum atomic E-state index is 13.9. The van der Waals surface area contributed by atoms with E-state index in [0.717, 1.165) is 65.9 Å². The highest BCUT2D eigenvalue weighted by Gasteiger charge is 2.35. The zero-order chi connectivity index (χ0) is 28.6. The number of aryl methyl sites for hydroxylation is 1. The molecule has 1 aliphatic heterocycles. The number of aromatic nitrogens is 3. The highest BCUT2D eigenvalue weighted by Crippen LogP contribution is 2.40. The predicted molar refractivity (Wildman–Crippen MR) is 163 cm³/mol. The quantitative estimate of drug-likeness (QED) is 0.167. The number of methoxy groups -OCH3 is 1. The molecule has 0 aliphatic carbocycles. The summed E-state index contributed by atoms with van der Waals surface area (Å²) < 4.78 is 13.6. The van der Waals surface area contributed by atoms with E-state index in [-0.39, 0.29) is 5.91 Å². The molecule has 0 spiro atoms. The number of allylic oxidation sites excluding steroid dienone is 1. The molecule has 2 N–H and O–H groups in total. The van der Waals surface area contributed by atoms with Crippen molar-refractivity contribution in [2.45, 2.75) is 77.9 Å². The van der Waals surface area contributed by atoms with Crippen LogP contribution in [-0.4, -0.2) is 40.1 Å². The van der Waals surface area contributed by atoms with Gasteiger partial charge < -0.3 is 20.1 Å². The number of carbonyl (C=O) groups excluding carboxylic acids is 1. The molecular formula is C31H41N5O3S. The molecule has 3 aromatic rings. The molecule has 0 fully saturated rings. The summed E-state index contributed by atoms with van der Waals surface area (Å²) in [4.78, 5) is 18.7. The van der Waals surface area contributed by atoms with Gasteiger partial charge in [0.15, 0.2) is 11.5 Å². The van der Waals surface area contributed by atoms with E-state index in [1.165, 1.54) is 0 Å². The van der Waals surface area contributed by atoms with Gasteiger partial charge in [-0.3, -0.25) is 4.79 Å². The molecule has 40 heavy (non-hydrogen) atoms. The van der Waals surface area contributed by atoms with Crippen LogP contribution in [0.15, 0.2) is 52.8 Å². The first-order valence-corrected chi connectivity index (χ1v) is 15.1. The van der Waals surface area contributed by atoms with Crippen molar-refractivity contribution in [1.29, 1.82) is 0 Å². The van der Waals surface area contributed by atoms with Crippen molar-refractivity contribution in [2.24, 2.45) is 0 Å². The zero-order valence-corrected chi connectivity index (χ0v) is 25.3. The lowest BCUT2D eigenvalue weighted by atomic mass is 9.94. The number of fused-ring (bicyclic) bond motifs is 1. The van der Waals surface area contributed by atoms with E-state index in [9.17, 15) is 4.79 Å². The number of benzene rings is 2. The summed E-state index contributed by atoms with van der Waals surface area (Å²) in [5.41, 5.74) is 5.11. The monoisotopic (exact) mass is 563 g/mol. The van der Waals surface area contributed by atoms with Gasteiger partial charge in [0, 0.05) is 17.1 Å². The molecule has 1 aromatic heterocycles. The number of anilines is 2. The van der Waals surface area contributed by atoms with Gasteiger partial charge in [-0.2, -0.15) is 4.98 Å². The second-order valence-corrected chi connectivity index (χ2v) is 11.2. The number of unbranched alkanes of at least 4 members (excludes halogenated alkanes) is 3. The van der Waals surface area contributed by atoms with Crippen molar-refractivity contribution in [3.63, 3.8) is 0 Å². The fourth-order valence-corrected chi connectivity index (χ4v) is 5.60. The number of ether oxygens (including phenoxy) is 2. The van der Waals surface area contributed by atoms with Gasteiger partial charge in [0.25, 0.3) is 5.91 Å². The van der Waals surface area contributed by atoms with Gasteiger partial charge in [-0.1, -0.05) is 63.1 Å². The molecule has 1 atom stereocenters. The third kappa shape index (κ3) is 6.63. The van der Waals surface area contributed by atoms with E-state index in [4.69, 9.17) is 19.6 Å². The standard InChI is InChI=1S/C31H41N5O3S/c1-7-9-11-17-39-25-16-15-23(19-26(25)38-6)28-27(29(37)33-24-14-12-13-20(3)21(24)4)22(5)32-30-34-31(35-36(28)30)40-18-10-8-2/h12-16,19,28H,7-11,17-18H2,1-6H3,(H,33,37)(H,32,34,35). The topological polar surface area (TPSA) is 90.3 Å². The Morgan fingerprint density at radius 3 is 2.62 bits per heavy atom. The van der Waals surface area contributed by atoms with Crippen LogP contribution in [0.4, 0.5) is 11.6 Å². The van der Waals surface area contributed by atoms with Crippen LogP contribution in [0.2, 0.25) is 0 Å². The minimum Gasteiger partial charge on any atom is -0.493 e. The normalized spacial score (nSPS) is 14.5. The Labute approximate surface area is 241 Å². The number of amides is 1. The summed E-state index contributed by atoms with van der Waals surface area (Å²) in [6.45, 7) is 10.9.